The maximum atomic E-state index is 5.11. The fourth-order valence-electron chi connectivity index (χ4n) is 4.05. The van der Waals surface area contributed by atoms with E-state index >= 15 is 0 Å². The molecule has 3 heteroatoms. The molecule has 2 aliphatic rings. The lowest BCUT2D eigenvalue weighted by Gasteiger charge is -2.34. The van der Waals surface area contributed by atoms with Gasteiger partial charge in [-0.15, -0.1) is 11.3 Å². The third-order valence-electron chi connectivity index (χ3n) is 5.28. The topological polar surface area (TPSA) is 24.9 Å². The maximum absolute atomic E-state index is 5.11. The van der Waals surface area contributed by atoms with E-state index in [4.69, 9.17) is 4.98 Å². The van der Waals surface area contributed by atoms with Gasteiger partial charge in [0.1, 0.15) is 0 Å². The summed E-state index contributed by atoms with van der Waals surface area (Å²) >= 11 is 2.02. The van der Waals surface area contributed by atoms with Crippen LogP contribution in [0.15, 0.2) is 0 Å². The molecule has 118 valence electrons. The van der Waals surface area contributed by atoms with Crippen molar-refractivity contribution in [3.8, 4) is 0 Å². The summed E-state index contributed by atoms with van der Waals surface area (Å²) in [7, 11) is 0. The summed E-state index contributed by atoms with van der Waals surface area (Å²) in [5.41, 5.74) is 1.78. The molecule has 1 aromatic rings. The first-order chi connectivity index (χ1) is 9.98. The van der Waals surface area contributed by atoms with Crippen LogP contribution in [0.2, 0.25) is 0 Å². The monoisotopic (exact) mass is 306 g/mol. The Hall–Kier alpha value is -0.410. The molecule has 1 N–H and O–H groups in total. The van der Waals surface area contributed by atoms with Crippen molar-refractivity contribution in [2.24, 2.45) is 11.3 Å². The standard InChI is InChI=1S/C18H30N2S/c1-5-19-14-10-18(3,4)11-15-16(14)21-17(20-15)13-8-6-12(2)7-9-13/h12-14,19H,5-11H2,1-4H3. The molecule has 0 bridgehead atoms. The molecule has 1 atom stereocenters. The van der Waals surface area contributed by atoms with Gasteiger partial charge in [-0.2, -0.15) is 0 Å². The van der Waals surface area contributed by atoms with E-state index in [-0.39, 0.29) is 0 Å². The average Bonchev–Trinajstić information content (AvgIpc) is 2.82. The van der Waals surface area contributed by atoms with Gasteiger partial charge in [0, 0.05) is 16.8 Å². The second-order valence-electron chi connectivity index (χ2n) is 7.98. The van der Waals surface area contributed by atoms with Crippen LogP contribution in [0.25, 0.3) is 0 Å². The van der Waals surface area contributed by atoms with Crippen molar-refractivity contribution in [2.45, 2.75) is 78.2 Å². The average molecular weight is 307 g/mol. The van der Waals surface area contributed by atoms with E-state index in [0.29, 0.717) is 11.5 Å². The first kappa shape index (κ1) is 15.5. The van der Waals surface area contributed by atoms with Gasteiger partial charge in [-0.1, -0.05) is 40.5 Å². The molecular weight excluding hydrogens is 276 g/mol. The van der Waals surface area contributed by atoms with Gasteiger partial charge in [0.25, 0.3) is 0 Å². The summed E-state index contributed by atoms with van der Waals surface area (Å²) in [4.78, 5) is 6.65. The molecule has 0 radical (unpaired) electrons. The first-order valence-electron chi connectivity index (χ1n) is 8.71. The second kappa shape index (κ2) is 6.00. The lowest BCUT2D eigenvalue weighted by atomic mass is 9.76. The Morgan fingerprint density at radius 2 is 1.95 bits per heavy atom. The summed E-state index contributed by atoms with van der Waals surface area (Å²) in [5.74, 6) is 1.66. The number of fused-ring (bicyclic) bond motifs is 1. The van der Waals surface area contributed by atoms with Crippen LogP contribution in [0.3, 0.4) is 0 Å². The predicted octanol–water partition coefficient (Wildman–Crippen LogP) is 5.06. The van der Waals surface area contributed by atoms with Crippen LogP contribution in [-0.4, -0.2) is 11.5 Å². The minimum Gasteiger partial charge on any atom is -0.309 e. The van der Waals surface area contributed by atoms with Gasteiger partial charge in [-0.3, -0.25) is 0 Å². The number of hydrogen-bond acceptors (Lipinski definition) is 3. The molecule has 3 rings (SSSR count). The van der Waals surface area contributed by atoms with Crippen molar-refractivity contribution >= 4 is 11.3 Å². The Balaban J connectivity index is 1.83. The van der Waals surface area contributed by atoms with Crippen LogP contribution in [0.1, 0.15) is 87.3 Å². The first-order valence-corrected chi connectivity index (χ1v) is 9.53. The highest BCUT2D eigenvalue weighted by Gasteiger charge is 2.35. The minimum absolute atomic E-state index is 0.381. The van der Waals surface area contributed by atoms with E-state index in [0.717, 1.165) is 24.8 Å². The molecule has 2 nitrogen and oxygen atoms in total. The molecule has 1 heterocycles. The number of rotatable bonds is 3. The second-order valence-corrected chi connectivity index (χ2v) is 9.04. The Labute approximate surface area is 133 Å². The predicted molar refractivity (Wildman–Crippen MR) is 91.0 cm³/mol. The fourth-order valence-corrected chi connectivity index (χ4v) is 5.37. The SMILES string of the molecule is CCNC1CC(C)(C)Cc2nc(C3CCC(C)CC3)sc21. The molecule has 0 amide bonds. The highest BCUT2D eigenvalue weighted by Crippen LogP contribution is 2.46. The van der Waals surface area contributed by atoms with E-state index in [1.165, 1.54) is 42.8 Å². The molecular formula is C18H30N2S. The Morgan fingerprint density at radius 1 is 1.24 bits per heavy atom. The number of hydrogen-bond donors (Lipinski definition) is 1. The van der Waals surface area contributed by atoms with Gasteiger partial charge in [0.05, 0.1) is 10.7 Å². The quantitative estimate of drug-likeness (QED) is 0.844. The summed E-state index contributed by atoms with van der Waals surface area (Å²) in [6, 6.07) is 0.530. The fraction of sp³-hybridized carbons (Fsp3) is 0.833. The van der Waals surface area contributed by atoms with E-state index in [9.17, 15) is 0 Å². The Kier molecular flexibility index (Phi) is 4.42. The van der Waals surface area contributed by atoms with Crippen molar-refractivity contribution in [3.05, 3.63) is 15.6 Å². The normalized spacial score (nSPS) is 31.9. The number of nitrogens with one attached hydrogen (secondary N) is 1. The lowest BCUT2D eigenvalue weighted by Crippen LogP contribution is -2.32. The lowest BCUT2D eigenvalue weighted by molar-refractivity contribution is 0.260. The highest BCUT2D eigenvalue weighted by atomic mass is 32.1. The maximum Gasteiger partial charge on any atom is 0.0962 e. The number of nitrogens with zero attached hydrogens (tertiary/aromatic N) is 1. The van der Waals surface area contributed by atoms with Gasteiger partial charge < -0.3 is 5.32 Å². The molecule has 1 unspecified atom stereocenters. The third-order valence-corrected chi connectivity index (χ3v) is 6.65. The van der Waals surface area contributed by atoms with Gasteiger partial charge in [0.15, 0.2) is 0 Å². The number of thiazole rings is 1. The van der Waals surface area contributed by atoms with Gasteiger partial charge in [-0.25, -0.2) is 4.98 Å². The minimum atomic E-state index is 0.381. The summed E-state index contributed by atoms with van der Waals surface area (Å²) < 4.78 is 0. The molecule has 1 fully saturated rings. The Bertz CT molecular complexity index is 483. The molecule has 0 aromatic carbocycles. The molecule has 1 aromatic heterocycles. The Morgan fingerprint density at radius 3 is 2.62 bits per heavy atom. The zero-order valence-electron chi connectivity index (χ0n) is 14.0. The molecule has 1 saturated carbocycles. The van der Waals surface area contributed by atoms with Gasteiger partial charge >= 0.3 is 0 Å². The largest absolute Gasteiger partial charge is 0.309 e. The van der Waals surface area contributed by atoms with E-state index in [1.807, 2.05) is 11.3 Å². The van der Waals surface area contributed by atoms with E-state index in [2.05, 4.69) is 33.0 Å². The van der Waals surface area contributed by atoms with Crippen molar-refractivity contribution in [1.29, 1.82) is 0 Å². The van der Waals surface area contributed by atoms with E-state index < -0.39 is 0 Å². The van der Waals surface area contributed by atoms with E-state index in [1.54, 1.807) is 4.88 Å². The van der Waals surface area contributed by atoms with Crippen LogP contribution in [0.5, 0.6) is 0 Å². The zero-order chi connectivity index (χ0) is 15.0. The van der Waals surface area contributed by atoms with Gasteiger partial charge in [-0.05, 0) is 43.6 Å². The molecule has 0 saturated heterocycles. The van der Waals surface area contributed by atoms with Crippen molar-refractivity contribution in [2.75, 3.05) is 6.54 Å². The van der Waals surface area contributed by atoms with Crippen LogP contribution in [0, 0.1) is 11.3 Å². The van der Waals surface area contributed by atoms with Crippen molar-refractivity contribution in [1.82, 2.24) is 10.3 Å². The van der Waals surface area contributed by atoms with Gasteiger partial charge in [0.2, 0.25) is 0 Å². The number of aromatic nitrogens is 1. The summed E-state index contributed by atoms with van der Waals surface area (Å²) in [6.07, 6.45) is 7.88. The van der Waals surface area contributed by atoms with Crippen LogP contribution < -0.4 is 5.32 Å². The highest BCUT2D eigenvalue weighted by molar-refractivity contribution is 7.12. The summed E-state index contributed by atoms with van der Waals surface area (Å²) in [6.45, 7) is 10.4. The van der Waals surface area contributed by atoms with Crippen LogP contribution >= 0.6 is 11.3 Å². The van der Waals surface area contributed by atoms with Crippen LogP contribution in [0.4, 0.5) is 0 Å². The summed E-state index contributed by atoms with van der Waals surface area (Å²) in [5, 5.41) is 5.13. The molecule has 0 spiro atoms. The van der Waals surface area contributed by atoms with Crippen molar-refractivity contribution in [3.63, 3.8) is 0 Å². The smallest absolute Gasteiger partial charge is 0.0962 e. The third kappa shape index (κ3) is 3.34. The van der Waals surface area contributed by atoms with Crippen molar-refractivity contribution < 1.29 is 0 Å². The molecule has 2 aliphatic carbocycles. The molecule has 21 heavy (non-hydrogen) atoms. The zero-order valence-corrected chi connectivity index (χ0v) is 14.9. The molecule has 0 aliphatic heterocycles. The van der Waals surface area contributed by atoms with Crippen LogP contribution in [-0.2, 0) is 6.42 Å².